The van der Waals surface area contributed by atoms with Gasteiger partial charge in [-0.2, -0.15) is 0 Å². The Balaban J connectivity index is 2.01. The maximum Gasteiger partial charge on any atom is 0.339 e. The Hall–Kier alpha value is -2.56. The van der Waals surface area contributed by atoms with Gasteiger partial charge in [0.05, 0.1) is 24.0 Å². The Morgan fingerprint density at radius 2 is 2.19 bits per heavy atom. The number of nitrogens with zero attached hydrogens (tertiary/aromatic N) is 2. The topological polar surface area (TPSA) is 62.7 Å². The lowest BCUT2D eigenvalue weighted by atomic mass is 10.1. The van der Waals surface area contributed by atoms with Gasteiger partial charge in [0.15, 0.2) is 5.75 Å². The van der Waals surface area contributed by atoms with Crippen LogP contribution in [-0.2, 0) is 0 Å². The van der Waals surface area contributed by atoms with E-state index >= 15 is 0 Å². The summed E-state index contributed by atoms with van der Waals surface area (Å²) in [6.45, 7) is 3.23. The molecule has 1 aromatic carbocycles. The average molecular weight is 284 g/mol. The van der Waals surface area contributed by atoms with Gasteiger partial charge in [-0.3, -0.25) is 4.98 Å². The number of carbonyl (C=O) groups is 1. The van der Waals surface area contributed by atoms with Gasteiger partial charge in [-0.15, -0.1) is 0 Å². The number of hydrogen-bond donors (Lipinski definition) is 1. The molecule has 1 aliphatic rings. The Labute approximate surface area is 122 Å². The van der Waals surface area contributed by atoms with Crippen molar-refractivity contribution in [3.8, 4) is 5.75 Å². The third-order valence-electron chi connectivity index (χ3n) is 3.70. The van der Waals surface area contributed by atoms with Crippen molar-refractivity contribution in [2.75, 3.05) is 18.1 Å². The number of carboxylic acid groups (broad SMARTS) is 1. The van der Waals surface area contributed by atoms with E-state index in [4.69, 9.17) is 4.74 Å². The van der Waals surface area contributed by atoms with Gasteiger partial charge in [0.2, 0.25) is 0 Å². The Morgan fingerprint density at radius 1 is 1.33 bits per heavy atom. The molecule has 5 heteroatoms. The van der Waals surface area contributed by atoms with Crippen molar-refractivity contribution >= 4 is 11.7 Å². The number of ether oxygens (including phenoxy) is 1. The minimum atomic E-state index is -0.973. The first-order valence-electron chi connectivity index (χ1n) is 6.85. The van der Waals surface area contributed by atoms with Crippen molar-refractivity contribution in [1.29, 1.82) is 0 Å². The smallest absolute Gasteiger partial charge is 0.339 e. The fourth-order valence-electron chi connectivity index (χ4n) is 2.62. The van der Waals surface area contributed by atoms with Crippen LogP contribution in [0.2, 0.25) is 0 Å². The van der Waals surface area contributed by atoms with Crippen molar-refractivity contribution in [3.63, 3.8) is 0 Å². The van der Waals surface area contributed by atoms with Gasteiger partial charge < -0.3 is 14.7 Å². The van der Waals surface area contributed by atoms with Crippen molar-refractivity contribution in [1.82, 2.24) is 4.98 Å². The van der Waals surface area contributed by atoms with E-state index in [2.05, 4.69) is 16.8 Å². The summed E-state index contributed by atoms with van der Waals surface area (Å²) in [7, 11) is 0. The van der Waals surface area contributed by atoms with Gasteiger partial charge in [0.1, 0.15) is 12.2 Å². The number of rotatable bonds is 3. The van der Waals surface area contributed by atoms with Crippen LogP contribution in [0.5, 0.6) is 5.75 Å². The summed E-state index contributed by atoms with van der Waals surface area (Å²) in [5.41, 5.74) is 1.95. The third kappa shape index (κ3) is 2.42. The number of hydrogen-bond acceptors (Lipinski definition) is 4. The van der Waals surface area contributed by atoms with E-state index in [1.165, 1.54) is 0 Å². The predicted octanol–water partition coefficient (Wildman–Crippen LogP) is 2.74. The first kappa shape index (κ1) is 13.4. The average Bonchev–Trinajstić information content (AvgIpc) is 2.53. The Morgan fingerprint density at radius 3 is 2.90 bits per heavy atom. The lowest BCUT2D eigenvalue weighted by molar-refractivity contribution is 0.0692. The zero-order chi connectivity index (χ0) is 14.8. The number of benzene rings is 1. The number of aromatic carboxylic acids is 1. The SMILES string of the molecule is CC(c1ccccn1)N1CCOc2c(C(=O)O)cccc21. The van der Waals surface area contributed by atoms with Gasteiger partial charge in [0.25, 0.3) is 0 Å². The van der Waals surface area contributed by atoms with Gasteiger partial charge in [0, 0.05) is 6.20 Å². The summed E-state index contributed by atoms with van der Waals surface area (Å²) < 4.78 is 5.59. The highest BCUT2D eigenvalue weighted by atomic mass is 16.5. The maximum atomic E-state index is 11.3. The molecule has 2 aromatic rings. The molecule has 0 saturated heterocycles. The number of aromatic nitrogens is 1. The van der Waals surface area contributed by atoms with Crippen LogP contribution in [0, 0.1) is 0 Å². The largest absolute Gasteiger partial charge is 0.489 e. The normalized spacial score (nSPS) is 15.0. The molecular formula is C16H16N2O3. The van der Waals surface area contributed by atoms with Crippen LogP contribution in [0.4, 0.5) is 5.69 Å². The van der Waals surface area contributed by atoms with Crippen LogP contribution in [0.3, 0.4) is 0 Å². The van der Waals surface area contributed by atoms with Gasteiger partial charge in [-0.1, -0.05) is 12.1 Å². The summed E-state index contributed by atoms with van der Waals surface area (Å²) in [5.74, 6) is -0.529. The molecule has 2 heterocycles. The highest BCUT2D eigenvalue weighted by molar-refractivity contribution is 5.93. The second-order valence-corrected chi connectivity index (χ2v) is 4.93. The molecule has 1 N–H and O–H groups in total. The monoisotopic (exact) mass is 284 g/mol. The summed E-state index contributed by atoms with van der Waals surface area (Å²) in [6, 6.07) is 11.1. The molecule has 0 amide bonds. The van der Waals surface area contributed by atoms with E-state index < -0.39 is 5.97 Å². The molecule has 3 rings (SSSR count). The van der Waals surface area contributed by atoms with E-state index in [-0.39, 0.29) is 11.6 Å². The van der Waals surface area contributed by atoms with Crippen LogP contribution >= 0.6 is 0 Å². The Bertz CT molecular complexity index is 658. The molecule has 0 bridgehead atoms. The molecule has 5 nitrogen and oxygen atoms in total. The summed E-state index contributed by atoms with van der Waals surface area (Å²) in [5, 5.41) is 9.27. The van der Waals surface area contributed by atoms with E-state index in [0.29, 0.717) is 18.9 Å². The minimum absolute atomic E-state index is 0.0536. The number of fused-ring (bicyclic) bond motifs is 1. The molecular weight excluding hydrogens is 268 g/mol. The lowest BCUT2D eigenvalue weighted by Crippen LogP contribution is -2.35. The van der Waals surface area contributed by atoms with E-state index in [0.717, 1.165) is 11.4 Å². The highest BCUT2D eigenvalue weighted by Gasteiger charge is 2.27. The molecule has 1 aliphatic heterocycles. The van der Waals surface area contributed by atoms with E-state index in [9.17, 15) is 9.90 Å². The van der Waals surface area contributed by atoms with Gasteiger partial charge in [-0.05, 0) is 31.2 Å². The fourth-order valence-corrected chi connectivity index (χ4v) is 2.62. The first-order chi connectivity index (χ1) is 10.2. The van der Waals surface area contributed by atoms with Gasteiger partial charge in [-0.25, -0.2) is 4.79 Å². The quantitative estimate of drug-likeness (QED) is 0.939. The summed E-state index contributed by atoms with van der Waals surface area (Å²) in [4.78, 5) is 17.8. The predicted molar refractivity (Wildman–Crippen MR) is 78.9 cm³/mol. The van der Waals surface area contributed by atoms with Crippen molar-refractivity contribution in [2.24, 2.45) is 0 Å². The minimum Gasteiger partial charge on any atom is -0.489 e. The van der Waals surface area contributed by atoms with Crippen molar-refractivity contribution in [2.45, 2.75) is 13.0 Å². The number of carboxylic acids is 1. The van der Waals surface area contributed by atoms with E-state index in [1.54, 1.807) is 18.3 Å². The number of pyridine rings is 1. The van der Waals surface area contributed by atoms with Crippen LogP contribution in [0.25, 0.3) is 0 Å². The maximum absolute atomic E-state index is 11.3. The third-order valence-corrected chi connectivity index (χ3v) is 3.70. The molecule has 21 heavy (non-hydrogen) atoms. The van der Waals surface area contributed by atoms with Gasteiger partial charge >= 0.3 is 5.97 Å². The molecule has 108 valence electrons. The van der Waals surface area contributed by atoms with E-state index in [1.807, 2.05) is 24.3 Å². The first-order valence-corrected chi connectivity index (χ1v) is 6.85. The zero-order valence-electron chi connectivity index (χ0n) is 11.7. The second-order valence-electron chi connectivity index (χ2n) is 4.93. The van der Waals surface area contributed by atoms with Crippen LogP contribution in [0.1, 0.15) is 29.0 Å². The molecule has 0 spiro atoms. The molecule has 0 aliphatic carbocycles. The van der Waals surface area contributed by atoms with Crippen LogP contribution < -0.4 is 9.64 Å². The molecule has 0 fully saturated rings. The zero-order valence-corrected chi connectivity index (χ0v) is 11.7. The summed E-state index contributed by atoms with van der Waals surface area (Å²) >= 11 is 0. The standard InChI is InChI=1S/C16H16N2O3/c1-11(13-6-2-3-8-17-13)18-9-10-21-15-12(16(19)20)5-4-7-14(15)18/h2-8,11H,9-10H2,1H3,(H,19,20). The van der Waals surface area contributed by atoms with Crippen LogP contribution in [-0.4, -0.2) is 29.2 Å². The van der Waals surface area contributed by atoms with Crippen molar-refractivity contribution < 1.29 is 14.6 Å². The molecule has 1 unspecified atom stereocenters. The second kappa shape index (κ2) is 5.44. The summed E-state index contributed by atoms with van der Waals surface area (Å²) in [6.07, 6.45) is 1.76. The Kier molecular flexibility index (Phi) is 3.48. The lowest BCUT2D eigenvalue weighted by Gasteiger charge is -2.36. The van der Waals surface area contributed by atoms with Crippen LogP contribution in [0.15, 0.2) is 42.6 Å². The van der Waals surface area contributed by atoms with Crippen molar-refractivity contribution in [3.05, 3.63) is 53.9 Å². The number of para-hydroxylation sites is 1. The molecule has 1 aromatic heterocycles. The highest BCUT2D eigenvalue weighted by Crippen LogP contribution is 2.38. The molecule has 0 saturated carbocycles. The number of anilines is 1. The molecule has 0 radical (unpaired) electrons. The molecule has 1 atom stereocenters. The fraction of sp³-hybridized carbons (Fsp3) is 0.250.